The average molecular weight is 312 g/mol. The number of amides is 1. The van der Waals surface area contributed by atoms with Crippen LogP contribution in [0.15, 0.2) is 30.6 Å². The minimum absolute atomic E-state index is 0.0248. The molecule has 23 heavy (non-hydrogen) atoms. The zero-order chi connectivity index (χ0) is 15.6. The van der Waals surface area contributed by atoms with E-state index in [0.717, 1.165) is 12.1 Å². The molecule has 0 radical (unpaired) electrons. The van der Waals surface area contributed by atoms with E-state index in [1.54, 1.807) is 12.4 Å². The molecule has 0 spiro atoms. The summed E-state index contributed by atoms with van der Waals surface area (Å²) in [6, 6.07) is 5.91. The number of carbonyl (C=O) groups is 1. The molecule has 0 unspecified atom stereocenters. The van der Waals surface area contributed by atoms with Gasteiger partial charge in [0.15, 0.2) is 0 Å². The molecule has 2 atom stereocenters. The van der Waals surface area contributed by atoms with E-state index in [4.69, 9.17) is 4.74 Å². The fourth-order valence-corrected chi connectivity index (χ4v) is 3.08. The van der Waals surface area contributed by atoms with Gasteiger partial charge in [0.05, 0.1) is 19.3 Å². The smallest absolute Gasteiger partial charge is 0.272 e. The van der Waals surface area contributed by atoms with Crippen LogP contribution in [0.25, 0.3) is 0 Å². The Hall–Kier alpha value is -2.21. The molecular weight excluding hydrogens is 292 g/mol. The third-order valence-corrected chi connectivity index (χ3v) is 4.61. The Kier molecular flexibility index (Phi) is 3.83. The molecule has 2 aromatic heterocycles. The van der Waals surface area contributed by atoms with Crippen LogP contribution in [0.4, 0.5) is 0 Å². The monoisotopic (exact) mass is 312 g/mol. The summed E-state index contributed by atoms with van der Waals surface area (Å²) in [5.41, 5.74) is 2.76. The molecule has 0 aromatic carbocycles. The van der Waals surface area contributed by atoms with Crippen molar-refractivity contribution in [1.82, 2.24) is 20.5 Å². The molecule has 2 aliphatic rings. The maximum atomic E-state index is 12.4. The van der Waals surface area contributed by atoms with Crippen LogP contribution >= 0.6 is 0 Å². The Morgan fingerprint density at radius 3 is 2.91 bits per heavy atom. The lowest BCUT2D eigenvalue weighted by atomic mass is 9.95. The van der Waals surface area contributed by atoms with E-state index in [1.165, 1.54) is 18.4 Å². The fourth-order valence-electron chi connectivity index (χ4n) is 3.08. The van der Waals surface area contributed by atoms with Crippen molar-refractivity contribution >= 4 is 5.91 Å². The third kappa shape index (κ3) is 3.27. The summed E-state index contributed by atoms with van der Waals surface area (Å²) in [5.74, 6) is 0.727. The first-order chi connectivity index (χ1) is 11.3. The van der Waals surface area contributed by atoms with Gasteiger partial charge in [-0.1, -0.05) is 0 Å². The number of aromatic nitrogens is 3. The van der Waals surface area contributed by atoms with E-state index in [2.05, 4.69) is 20.5 Å². The van der Waals surface area contributed by atoms with Crippen LogP contribution in [0.2, 0.25) is 0 Å². The number of carbonyl (C=O) groups excluding carboxylic acids is 1. The molecule has 6 nitrogen and oxygen atoms in total. The van der Waals surface area contributed by atoms with Crippen LogP contribution in [0, 0.1) is 5.92 Å². The molecule has 1 aliphatic heterocycles. The van der Waals surface area contributed by atoms with Gasteiger partial charge in [-0.15, -0.1) is 0 Å². The number of nitrogens with zero attached hydrogens (tertiary/aromatic N) is 2. The van der Waals surface area contributed by atoms with E-state index in [0.29, 0.717) is 24.8 Å². The Balaban J connectivity index is 1.39. The summed E-state index contributed by atoms with van der Waals surface area (Å²) in [4.78, 5) is 16.4. The zero-order valence-corrected chi connectivity index (χ0v) is 12.9. The van der Waals surface area contributed by atoms with Crippen LogP contribution in [0.3, 0.4) is 0 Å². The normalized spacial score (nSPS) is 23.8. The molecule has 3 heterocycles. The van der Waals surface area contributed by atoms with Crippen molar-refractivity contribution in [3.8, 4) is 0 Å². The van der Waals surface area contributed by atoms with Gasteiger partial charge in [0, 0.05) is 29.9 Å². The molecule has 1 aliphatic carbocycles. The van der Waals surface area contributed by atoms with Crippen molar-refractivity contribution in [1.29, 1.82) is 0 Å². The van der Waals surface area contributed by atoms with Gasteiger partial charge in [-0.25, -0.2) is 0 Å². The standard InChI is InChI=1S/C17H20N4O2/c22-17(15-8-14(20-21-15)12-1-2-12)19-16-10-23-9-13(16)7-11-3-5-18-6-4-11/h3-6,8,12-13,16H,1-2,7,9-10H2,(H,19,22)(H,20,21)/t13-,16-/m1/s1. The van der Waals surface area contributed by atoms with E-state index >= 15 is 0 Å². The lowest BCUT2D eigenvalue weighted by Crippen LogP contribution is -2.40. The minimum atomic E-state index is -0.122. The number of ether oxygens (including phenoxy) is 1. The summed E-state index contributed by atoms with van der Waals surface area (Å²) in [7, 11) is 0. The highest BCUT2D eigenvalue weighted by Gasteiger charge is 2.31. The number of aromatic amines is 1. The summed E-state index contributed by atoms with van der Waals surface area (Å²) in [5, 5.41) is 10.2. The van der Waals surface area contributed by atoms with Gasteiger partial charge >= 0.3 is 0 Å². The molecule has 1 saturated heterocycles. The lowest BCUT2D eigenvalue weighted by molar-refractivity contribution is 0.0920. The highest BCUT2D eigenvalue weighted by molar-refractivity contribution is 5.92. The second-order valence-electron chi connectivity index (χ2n) is 6.42. The molecule has 120 valence electrons. The molecular formula is C17H20N4O2. The molecule has 2 fully saturated rings. The van der Waals surface area contributed by atoms with Gasteiger partial charge in [-0.05, 0) is 43.0 Å². The summed E-state index contributed by atoms with van der Waals surface area (Å²) in [6.07, 6.45) is 6.84. The maximum absolute atomic E-state index is 12.4. The van der Waals surface area contributed by atoms with Gasteiger partial charge in [-0.3, -0.25) is 14.9 Å². The van der Waals surface area contributed by atoms with Crippen molar-refractivity contribution in [2.75, 3.05) is 13.2 Å². The molecule has 1 amide bonds. The fraction of sp³-hybridized carbons (Fsp3) is 0.471. The predicted molar refractivity (Wildman–Crippen MR) is 84.1 cm³/mol. The topological polar surface area (TPSA) is 79.9 Å². The Bertz CT molecular complexity index is 681. The number of hydrogen-bond donors (Lipinski definition) is 2. The largest absolute Gasteiger partial charge is 0.379 e. The van der Waals surface area contributed by atoms with E-state index in [-0.39, 0.29) is 17.9 Å². The first kappa shape index (κ1) is 14.4. The van der Waals surface area contributed by atoms with Crippen molar-refractivity contribution in [3.63, 3.8) is 0 Å². The minimum Gasteiger partial charge on any atom is -0.379 e. The molecule has 4 rings (SSSR count). The van der Waals surface area contributed by atoms with Gasteiger partial charge < -0.3 is 10.1 Å². The highest BCUT2D eigenvalue weighted by Crippen LogP contribution is 2.39. The number of H-pyrrole nitrogens is 1. The number of nitrogens with one attached hydrogen (secondary N) is 2. The summed E-state index contributed by atoms with van der Waals surface area (Å²) >= 11 is 0. The van der Waals surface area contributed by atoms with Crippen LogP contribution in [0.5, 0.6) is 0 Å². The molecule has 1 saturated carbocycles. The molecule has 2 N–H and O–H groups in total. The van der Waals surface area contributed by atoms with Crippen molar-refractivity contribution in [2.24, 2.45) is 5.92 Å². The van der Waals surface area contributed by atoms with Gasteiger partial charge in [-0.2, -0.15) is 5.10 Å². The second-order valence-corrected chi connectivity index (χ2v) is 6.42. The maximum Gasteiger partial charge on any atom is 0.272 e. The third-order valence-electron chi connectivity index (χ3n) is 4.61. The Labute approximate surface area is 134 Å². The van der Waals surface area contributed by atoms with Gasteiger partial charge in [0.2, 0.25) is 0 Å². The molecule has 2 aromatic rings. The SMILES string of the molecule is O=C(N[C@@H]1COC[C@H]1Cc1ccncc1)c1cc(C2CC2)[nH]n1. The van der Waals surface area contributed by atoms with E-state index < -0.39 is 0 Å². The van der Waals surface area contributed by atoms with Crippen molar-refractivity contribution in [2.45, 2.75) is 31.2 Å². The summed E-state index contributed by atoms with van der Waals surface area (Å²) in [6.45, 7) is 1.22. The van der Waals surface area contributed by atoms with Gasteiger partial charge in [0.25, 0.3) is 5.91 Å². The van der Waals surface area contributed by atoms with Crippen LogP contribution < -0.4 is 5.32 Å². The number of pyridine rings is 1. The molecule has 6 heteroatoms. The van der Waals surface area contributed by atoms with Gasteiger partial charge in [0.1, 0.15) is 5.69 Å². The highest BCUT2D eigenvalue weighted by atomic mass is 16.5. The van der Waals surface area contributed by atoms with Crippen LogP contribution in [0.1, 0.15) is 40.5 Å². The predicted octanol–water partition coefficient (Wildman–Crippen LogP) is 1.67. The van der Waals surface area contributed by atoms with Crippen LogP contribution in [-0.4, -0.2) is 40.3 Å². The zero-order valence-electron chi connectivity index (χ0n) is 12.9. The Morgan fingerprint density at radius 2 is 2.13 bits per heavy atom. The van der Waals surface area contributed by atoms with Crippen LogP contribution in [-0.2, 0) is 11.2 Å². The Morgan fingerprint density at radius 1 is 1.30 bits per heavy atom. The first-order valence-electron chi connectivity index (χ1n) is 8.12. The quantitative estimate of drug-likeness (QED) is 0.880. The van der Waals surface area contributed by atoms with E-state index in [1.807, 2.05) is 18.2 Å². The summed E-state index contributed by atoms with van der Waals surface area (Å²) < 4.78 is 5.57. The molecule has 0 bridgehead atoms. The lowest BCUT2D eigenvalue weighted by Gasteiger charge is -2.18. The van der Waals surface area contributed by atoms with Crippen molar-refractivity contribution < 1.29 is 9.53 Å². The average Bonchev–Trinajstić information content (AvgIpc) is 3.14. The van der Waals surface area contributed by atoms with E-state index in [9.17, 15) is 4.79 Å². The first-order valence-corrected chi connectivity index (χ1v) is 8.12. The second kappa shape index (κ2) is 6.12. The number of hydrogen-bond acceptors (Lipinski definition) is 4. The number of rotatable bonds is 5. The van der Waals surface area contributed by atoms with Crippen molar-refractivity contribution in [3.05, 3.63) is 47.5 Å².